The number of nitrogens with one attached hydrogen (secondary N) is 2. The zero-order valence-electron chi connectivity index (χ0n) is 10.9. The Morgan fingerprint density at radius 3 is 2.84 bits per heavy atom. The summed E-state index contributed by atoms with van der Waals surface area (Å²) in [5, 5.41) is 3.33. The van der Waals surface area contributed by atoms with Gasteiger partial charge >= 0.3 is 0 Å². The van der Waals surface area contributed by atoms with Crippen molar-refractivity contribution in [1.29, 1.82) is 0 Å². The van der Waals surface area contributed by atoms with Crippen LogP contribution < -0.4 is 16.6 Å². The Balaban J connectivity index is 2.35. The molecule has 1 aromatic carbocycles. The minimum Gasteiger partial charge on any atom is -0.340 e. The number of aromatic nitrogens is 2. The van der Waals surface area contributed by atoms with Crippen molar-refractivity contribution >= 4 is 33.4 Å². The summed E-state index contributed by atoms with van der Waals surface area (Å²) in [5.74, 6) is 6.47. The molecule has 0 atom stereocenters. The first-order valence-electron chi connectivity index (χ1n) is 5.99. The molecule has 0 aliphatic rings. The molecule has 19 heavy (non-hydrogen) atoms. The molecule has 0 aliphatic carbocycles. The summed E-state index contributed by atoms with van der Waals surface area (Å²) >= 11 is 3.48. The van der Waals surface area contributed by atoms with Crippen LogP contribution in [0.5, 0.6) is 0 Å². The molecule has 5 nitrogen and oxygen atoms in total. The first kappa shape index (κ1) is 13.8. The van der Waals surface area contributed by atoms with Gasteiger partial charge in [0, 0.05) is 21.9 Å². The van der Waals surface area contributed by atoms with Crippen molar-refractivity contribution in [2.45, 2.75) is 20.3 Å². The summed E-state index contributed by atoms with van der Waals surface area (Å²) in [5.41, 5.74) is 5.67. The predicted octanol–water partition coefficient (Wildman–Crippen LogP) is 3.14. The van der Waals surface area contributed by atoms with Gasteiger partial charge in [0.05, 0.1) is 0 Å². The van der Waals surface area contributed by atoms with Gasteiger partial charge in [-0.05, 0) is 37.1 Å². The Labute approximate surface area is 120 Å². The normalized spacial score (nSPS) is 10.3. The Morgan fingerprint density at radius 2 is 2.16 bits per heavy atom. The van der Waals surface area contributed by atoms with E-state index in [0.717, 1.165) is 28.0 Å². The molecule has 1 aromatic heterocycles. The number of rotatable bonds is 4. The van der Waals surface area contributed by atoms with Gasteiger partial charge in [-0.3, -0.25) is 5.43 Å². The van der Waals surface area contributed by atoms with Gasteiger partial charge < -0.3 is 5.32 Å². The van der Waals surface area contributed by atoms with E-state index in [0.29, 0.717) is 5.95 Å². The number of nitrogens with two attached hydrogens (primary N) is 1. The van der Waals surface area contributed by atoms with E-state index < -0.39 is 0 Å². The molecule has 0 radical (unpaired) electrons. The van der Waals surface area contributed by atoms with Gasteiger partial charge in [-0.25, -0.2) is 10.8 Å². The number of hydrogen-bond donors (Lipinski definition) is 3. The first-order valence-corrected chi connectivity index (χ1v) is 6.79. The van der Waals surface area contributed by atoms with Gasteiger partial charge in [-0.2, -0.15) is 4.98 Å². The molecule has 0 saturated heterocycles. The summed E-state index contributed by atoms with van der Waals surface area (Å²) in [4.78, 5) is 8.37. The Bertz CT molecular complexity index is 585. The second-order valence-electron chi connectivity index (χ2n) is 4.15. The number of nitrogen functional groups attached to an aromatic ring is 1. The number of nitrogens with zero attached hydrogens (tertiary/aromatic N) is 2. The number of hydrogen-bond acceptors (Lipinski definition) is 5. The van der Waals surface area contributed by atoms with E-state index >= 15 is 0 Å². The fourth-order valence-corrected chi connectivity index (χ4v) is 2.15. The molecule has 4 N–H and O–H groups in total. The van der Waals surface area contributed by atoms with Crippen molar-refractivity contribution < 1.29 is 0 Å². The molecule has 6 heteroatoms. The molecule has 1 heterocycles. The van der Waals surface area contributed by atoms with Crippen molar-refractivity contribution in [3.05, 3.63) is 40.0 Å². The van der Waals surface area contributed by atoms with E-state index in [-0.39, 0.29) is 0 Å². The summed E-state index contributed by atoms with van der Waals surface area (Å²) in [6, 6.07) is 6.13. The quantitative estimate of drug-likeness (QED) is 0.595. The van der Waals surface area contributed by atoms with Crippen LogP contribution in [0.3, 0.4) is 0 Å². The average Bonchev–Trinajstić information content (AvgIpc) is 2.43. The van der Waals surface area contributed by atoms with Crippen molar-refractivity contribution in [1.82, 2.24) is 9.97 Å². The van der Waals surface area contributed by atoms with Crippen LogP contribution in [-0.4, -0.2) is 9.97 Å². The molecule has 0 bridgehead atoms. The molecular weight excluding hydrogens is 306 g/mol. The van der Waals surface area contributed by atoms with E-state index in [1.54, 1.807) is 6.20 Å². The Morgan fingerprint density at radius 1 is 1.37 bits per heavy atom. The van der Waals surface area contributed by atoms with E-state index in [1.165, 1.54) is 5.56 Å². The lowest BCUT2D eigenvalue weighted by Gasteiger charge is -2.13. The lowest BCUT2D eigenvalue weighted by molar-refractivity contribution is 1.09. The third kappa shape index (κ3) is 3.21. The van der Waals surface area contributed by atoms with Crippen LogP contribution in [-0.2, 0) is 6.42 Å². The van der Waals surface area contributed by atoms with Crippen molar-refractivity contribution in [2.24, 2.45) is 5.84 Å². The maximum atomic E-state index is 5.33. The molecule has 2 aromatic rings. The summed E-state index contributed by atoms with van der Waals surface area (Å²) in [6.45, 7) is 4.07. The highest BCUT2D eigenvalue weighted by Crippen LogP contribution is 2.25. The largest absolute Gasteiger partial charge is 0.340 e. The van der Waals surface area contributed by atoms with Crippen molar-refractivity contribution in [2.75, 3.05) is 10.7 Å². The highest BCUT2D eigenvalue weighted by Gasteiger charge is 2.07. The van der Waals surface area contributed by atoms with Gasteiger partial charge in [0.2, 0.25) is 5.95 Å². The number of hydrazine groups is 1. The zero-order chi connectivity index (χ0) is 13.8. The van der Waals surface area contributed by atoms with E-state index in [9.17, 15) is 0 Å². The predicted molar refractivity (Wildman–Crippen MR) is 81.4 cm³/mol. The van der Waals surface area contributed by atoms with Crippen LogP contribution in [0.25, 0.3) is 0 Å². The number of benzene rings is 1. The first-order chi connectivity index (χ1) is 9.13. The minimum atomic E-state index is 0.392. The van der Waals surface area contributed by atoms with Gasteiger partial charge in [-0.1, -0.05) is 22.9 Å². The summed E-state index contributed by atoms with van der Waals surface area (Å²) in [7, 11) is 0. The molecule has 0 saturated carbocycles. The molecule has 0 fully saturated rings. The maximum absolute atomic E-state index is 5.33. The van der Waals surface area contributed by atoms with Gasteiger partial charge in [0.25, 0.3) is 0 Å². The fraction of sp³-hybridized carbons (Fsp3) is 0.231. The average molecular weight is 322 g/mol. The molecule has 0 amide bonds. The molecule has 2 rings (SSSR count). The maximum Gasteiger partial charge on any atom is 0.239 e. The van der Waals surface area contributed by atoms with Crippen molar-refractivity contribution in [3.8, 4) is 0 Å². The van der Waals surface area contributed by atoms with Crippen LogP contribution in [0.2, 0.25) is 0 Å². The third-order valence-corrected chi connectivity index (χ3v) is 3.30. The minimum absolute atomic E-state index is 0.392. The third-order valence-electron chi connectivity index (χ3n) is 2.80. The van der Waals surface area contributed by atoms with Crippen LogP contribution in [0.15, 0.2) is 28.9 Å². The van der Waals surface area contributed by atoms with Crippen molar-refractivity contribution in [3.63, 3.8) is 0 Å². The standard InChI is InChI=1S/C13H16BrN5/c1-3-9-6-10(14)4-5-11(9)17-12-8(2)7-16-13(18-12)19-15/h4-7H,3,15H2,1-2H3,(H2,16,17,18,19). The summed E-state index contributed by atoms with van der Waals surface area (Å²) in [6.07, 6.45) is 2.67. The van der Waals surface area contributed by atoms with Gasteiger partial charge in [-0.15, -0.1) is 0 Å². The lowest BCUT2D eigenvalue weighted by Crippen LogP contribution is -2.12. The van der Waals surface area contributed by atoms with E-state index in [2.05, 4.69) is 49.6 Å². The lowest BCUT2D eigenvalue weighted by atomic mass is 10.1. The fourth-order valence-electron chi connectivity index (χ4n) is 1.74. The molecule has 100 valence electrons. The molecular formula is C13H16BrN5. The van der Waals surface area contributed by atoms with Crippen LogP contribution in [0.4, 0.5) is 17.5 Å². The van der Waals surface area contributed by atoms with E-state index in [4.69, 9.17) is 5.84 Å². The zero-order valence-corrected chi connectivity index (χ0v) is 12.5. The Hall–Kier alpha value is -1.66. The van der Waals surface area contributed by atoms with E-state index in [1.807, 2.05) is 19.1 Å². The molecule has 0 aliphatic heterocycles. The highest BCUT2D eigenvalue weighted by atomic mass is 79.9. The number of aryl methyl sites for hydroxylation is 2. The molecule has 0 unspecified atom stereocenters. The second-order valence-corrected chi connectivity index (χ2v) is 5.07. The monoisotopic (exact) mass is 321 g/mol. The van der Waals surface area contributed by atoms with Gasteiger partial charge in [0.1, 0.15) is 5.82 Å². The van der Waals surface area contributed by atoms with Crippen LogP contribution >= 0.6 is 15.9 Å². The number of anilines is 3. The molecule has 0 spiro atoms. The van der Waals surface area contributed by atoms with Gasteiger partial charge in [0.15, 0.2) is 0 Å². The number of halogens is 1. The Kier molecular flexibility index (Phi) is 4.34. The van der Waals surface area contributed by atoms with Crippen LogP contribution in [0.1, 0.15) is 18.1 Å². The van der Waals surface area contributed by atoms with Crippen LogP contribution in [0, 0.1) is 6.92 Å². The summed E-state index contributed by atoms with van der Waals surface area (Å²) < 4.78 is 1.07. The topological polar surface area (TPSA) is 75.9 Å². The highest BCUT2D eigenvalue weighted by molar-refractivity contribution is 9.10. The second kappa shape index (κ2) is 5.99. The smallest absolute Gasteiger partial charge is 0.239 e. The SMILES string of the molecule is CCc1cc(Br)ccc1Nc1nc(NN)ncc1C.